The highest BCUT2D eigenvalue weighted by atomic mass is 19.4. The first kappa shape index (κ1) is 13.2. The van der Waals surface area contributed by atoms with E-state index in [4.69, 9.17) is 0 Å². The molecule has 1 atom stereocenters. The van der Waals surface area contributed by atoms with Crippen LogP contribution in [0.3, 0.4) is 0 Å². The Kier molecular flexibility index (Phi) is 4.55. The Balaban J connectivity index is 2.28. The molecule has 94 valence electrons. The van der Waals surface area contributed by atoms with Gasteiger partial charge in [0.1, 0.15) is 6.54 Å². The van der Waals surface area contributed by atoms with Gasteiger partial charge in [0.15, 0.2) is 0 Å². The molecule has 0 aromatic carbocycles. The summed E-state index contributed by atoms with van der Waals surface area (Å²) in [7, 11) is 0. The molecule has 0 saturated carbocycles. The number of carbonyl (C=O) groups is 1. The minimum atomic E-state index is -4.34. The zero-order valence-electron chi connectivity index (χ0n) is 9.10. The zero-order valence-corrected chi connectivity index (χ0v) is 9.10. The highest BCUT2D eigenvalue weighted by molar-refractivity contribution is 5.78. The summed E-state index contributed by atoms with van der Waals surface area (Å²) in [5, 5.41) is 5.01. The van der Waals surface area contributed by atoms with Crippen molar-refractivity contribution in [3.8, 4) is 0 Å². The molecule has 1 heterocycles. The van der Waals surface area contributed by atoms with Crippen molar-refractivity contribution in [2.75, 3.05) is 32.7 Å². The second kappa shape index (κ2) is 5.49. The van der Waals surface area contributed by atoms with E-state index >= 15 is 0 Å². The lowest BCUT2D eigenvalue weighted by molar-refractivity contribution is -0.139. The van der Waals surface area contributed by atoms with Crippen molar-refractivity contribution < 1.29 is 18.0 Å². The average Bonchev–Trinajstić information content (AvgIpc) is 2.18. The monoisotopic (exact) mass is 239 g/mol. The van der Waals surface area contributed by atoms with E-state index in [1.165, 1.54) is 0 Å². The predicted molar refractivity (Wildman–Crippen MR) is 53.0 cm³/mol. The second-order valence-corrected chi connectivity index (χ2v) is 3.92. The molecule has 0 unspecified atom stereocenters. The quantitative estimate of drug-likeness (QED) is 0.726. The summed E-state index contributed by atoms with van der Waals surface area (Å²) in [5.74, 6) is -0.578. The maximum atomic E-state index is 11.8. The summed E-state index contributed by atoms with van der Waals surface area (Å²) >= 11 is 0. The maximum absolute atomic E-state index is 11.8. The lowest BCUT2D eigenvalue weighted by Gasteiger charge is -2.33. The van der Waals surface area contributed by atoms with Gasteiger partial charge in [-0.3, -0.25) is 9.69 Å². The zero-order chi connectivity index (χ0) is 12.2. The van der Waals surface area contributed by atoms with Crippen LogP contribution in [0.25, 0.3) is 0 Å². The molecule has 2 N–H and O–H groups in total. The number of piperazine rings is 1. The minimum absolute atomic E-state index is 0.0267. The van der Waals surface area contributed by atoms with Crippen LogP contribution in [0.1, 0.15) is 6.92 Å². The van der Waals surface area contributed by atoms with Crippen molar-refractivity contribution in [2.24, 2.45) is 0 Å². The molecule has 0 bridgehead atoms. The molecule has 1 fully saturated rings. The van der Waals surface area contributed by atoms with Crippen LogP contribution in [0.5, 0.6) is 0 Å². The average molecular weight is 239 g/mol. The molecule has 1 aliphatic heterocycles. The minimum Gasteiger partial charge on any atom is -0.346 e. The number of hydrogen-bond acceptors (Lipinski definition) is 3. The molecule has 1 aliphatic rings. The van der Waals surface area contributed by atoms with E-state index in [2.05, 4.69) is 5.32 Å². The fourth-order valence-electron chi connectivity index (χ4n) is 1.56. The summed E-state index contributed by atoms with van der Waals surface area (Å²) in [4.78, 5) is 13.1. The number of hydrogen-bond donors (Lipinski definition) is 2. The molecule has 0 radical (unpaired) electrons. The molecular formula is C9H16F3N3O. The van der Waals surface area contributed by atoms with E-state index in [0.717, 1.165) is 13.1 Å². The smallest absolute Gasteiger partial charge is 0.346 e. The molecule has 4 nitrogen and oxygen atoms in total. The van der Waals surface area contributed by atoms with Gasteiger partial charge in [0, 0.05) is 25.7 Å². The van der Waals surface area contributed by atoms with Gasteiger partial charge in [-0.25, -0.2) is 0 Å². The summed E-state index contributed by atoms with van der Waals surface area (Å²) in [6.45, 7) is 2.90. The first-order valence-corrected chi connectivity index (χ1v) is 5.17. The number of carbonyl (C=O) groups excluding carboxylic acids is 1. The Hall–Kier alpha value is -0.820. The normalized spacial score (nSPS) is 23.1. The highest BCUT2D eigenvalue weighted by Gasteiger charge is 2.28. The van der Waals surface area contributed by atoms with Gasteiger partial charge in [-0.1, -0.05) is 0 Å². The third-order valence-corrected chi connectivity index (χ3v) is 2.47. The Labute approximate surface area is 92.2 Å². The van der Waals surface area contributed by atoms with Gasteiger partial charge in [-0.05, 0) is 6.92 Å². The van der Waals surface area contributed by atoms with Crippen LogP contribution in [0, 0.1) is 0 Å². The van der Waals surface area contributed by atoms with Crippen molar-refractivity contribution >= 4 is 5.91 Å². The Morgan fingerprint density at radius 3 is 2.81 bits per heavy atom. The van der Waals surface area contributed by atoms with Gasteiger partial charge in [0.2, 0.25) is 5.91 Å². The van der Waals surface area contributed by atoms with Crippen LogP contribution in [-0.2, 0) is 4.79 Å². The fourth-order valence-corrected chi connectivity index (χ4v) is 1.56. The van der Waals surface area contributed by atoms with E-state index < -0.39 is 18.6 Å². The van der Waals surface area contributed by atoms with Crippen molar-refractivity contribution in [3.05, 3.63) is 0 Å². The first-order valence-electron chi connectivity index (χ1n) is 5.17. The number of nitrogens with zero attached hydrogens (tertiary/aromatic N) is 1. The molecule has 1 saturated heterocycles. The van der Waals surface area contributed by atoms with E-state index in [1.54, 1.807) is 0 Å². The van der Waals surface area contributed by atoms with Crippen molar-refractivity contribution in [1.29, 1.82) is 0 Å². The van der Waals surface area contributed by atoms with E-state index in [9.17, 15) is 18.0 Å². The number of rotatable bonds is 3. The highest BCUT2D eigenvalue weighted by Crippen LogP contribution is 2.12. The SMILES string of the molecule is C[C@H]1CNCCN1CC(=O)NCC(F)(F)F. The Bertz CT molecular complexity index is 245. The van der Waals surface area contributed by atoms with Crippen LogP contribution in [-0.4, -0.2) is 55.7 Å². The lowest BCUT2D eigenvalue weighted by Crippen LogP contribution is -2.53. The van der Waals surface area contributed by atoms with Crippen LogP contribution in [0.15, 0.2) is 0 Å². The largest absolute Gasteiger partial charge is 0.405 e. The van der Waals surface area contributed by atoms with Crippen LogP contribution in [0.2, 0.25) is 0 Å². The molecular weight excluding hydrogens is 223 g/mol. The summed E-state index contributed by atoms with van der Waals surface area (Å²) in [6.07, 6.45) is -4.34. The van der Waals surface area contributed by atoms with Gasteiger partial charge < -0.3 is 10.6 Å². The number of halogens is 3. The topological polar surface area (TPSA) is 44.4 Å². The fraction of sp³-hybridized carbons (Fsp3) is 0.889. The molecule has 0 spiro atoms. The Morgan fingerprint density at radius 2 is 2.25 bits per heavy atom. The standard InChI is InChI=1S/C9H16F3N3O/c1-7-4-13-2-3-15(7)5-8(16)14-6-9(10,11)12/h7,13H,2-6H2,1H3,(H,14,16)/t7-/m0/s1. The molecule has 1 amide bonds. The second-order valence-electron chi connectivity index (χ2n) is 3.92. The van der Waals surface area contributed by atoms with Gasteiger partial charge >= 0.3 is 6.18 Å². The van der Waals surface area contributed by atoms with Gasteiger partial charge in [0.25, 0.3) is 0 Å². The van der Waals surface area contributed by atoms with Gasteiger partial charge in [-0.15, -0.1) is 0 Å². The van der Waals surface area contributed by atoms with Gasteiger partial charge in [0.05, 0.1) is 6.54 Å². The predicted octanol–water partition coefficient (Wildman–Crippen LogP) is -0.0414. The summed E-state index contributed by atoms with van der Waals surface area (Å²) < 4.78 is 35.5. The molecule has 0 aromatic heterocycles. The number of nitrogens with one attached hydrogen (secondary N) is 2. The third kappa shape index (κ3) is 4.80. The van der Waals surface area contributed by atoms with Crippen LogP contribution >= 0.6 is 0 Å². The van der Waals surface area contributed by atoms with Gasteiger partial charge in [-0.2, -0.15) is 13.2 Å². The number of alkyl halides is 3. The summed E-state index contributed by atoms with van der Waals surface area (Å²) in [5.41, 5.74) is 0. The van der Waals surface area contributed by atoms with E-state index in [-0.39, 0.29) is 12.6 Å². The Morgan fingerprint density at radius 1 is 1.56 bits per heavy atom. The maximum Gasteiger partial charge on any atom is 0.405 e. The van der Waals surface area contributed by atoms with Crippen molar-refractivity contribution in [2.45, 2.75) is 19.1 Å². The molecule has 1 rings (SSSR count). The molecule has 0 aliphatic carbocycles. The molecule has 0 aromatic rings. The first-order chi connectivity index (χ1) is 7.38. The number of amides is 1. The van der Waals surface area contributed by atoms with E-state index in [1.807, 2.05) is 17.1 Å². The summed E-state index contributed by atoms with van der Waals surface area (Å²) in [6, 6.07) is 0.172. The van der Waals surface area contributed by atoms with Crippen LogP contribution in [0.4, 0.5) is 13.2 Å². The van der Waals surface area contributed by atoms with Crippen LogP contribution < -0.4 is 10.6 Å². The molecule has 16 heavy (non-hydrogen) atoms. The lowest BCUT2D eigenvalue weighted by atomic mass is 10.2. The third-order valence-electron chi connectivity index (χ3n) is 2.47. The van der Waals surface area contributed by atoms with Crippen molar-refractivity contribution in [3.63, 3.8) is 0 Å². The van der Waals surface area contributed by atoms with E-state index in [0.29, 0.717) is 6.54 Å². The molecule has 7 heteroatoms. The van der Waals surface area contributed by atoms with Crippen molar-refractivity contribution in [1.82, 2.24) is 15.5 Å².